The minimum absolute atomic E-state index is 0.0227. The van der Waals surface area contributed by atoms with Crippen molar-refractivity contribution in [1.29, 1.82) is 0 Å². The van der Waals surface area contributed by atoms with Gasteiger partial charge in [0.25, 0.3) is 0 Å². The van der Waals surface area contributed by atoms with Gasteiger partial charge in [-0.05, 0) is 63.8 Å². The van der Waals surface area contributed by atoms with Gasteiger partial charge in [-0.2, -0.15) is 0 Å². The SMILES string of the molecule is C[C@@H](Cc1ncc(F)cn1)S(=O)(=O)NC(=NC1CCCCC1)NNC(=O)c1ccco1.C[C@H](Cc1ncc(F)cn1)S(=O)(=O)NC(=NC1CCCCC1)NNC(=O)c1ccco1. The van der Waals surface area contributed by atoms with Gasteiger partial charge in [0.1, 0.15) is 11.6 Å². The maximum atomic E-state index is 13.0. The van der Waals surface area contributed by atoms with Crippen LogP contribution in [0.2, 0.25) is 0 Å². The molecule has 0 aromatic carbocycles. The Morgan fingerprint density at radius 2 is 0.984 bits per heavy atom. The molecular weight excluding hydrogens is 855 g/mol. The number of hydrogen-bond acceptors (Lipinski definition) is 14. The van der Waals surface area contributed by atoms with Crippen molar-refractivity contribution in [3.8, 4) is 0 Å². The zero-order valence-electron chi connectivity index (χ0n) is 34.1. The fourth-order valence-electron chi connectivity index (χ4n) is 6.22. The largest absolute Gasteiger partial charge is 0.459 e. The number of nitrogens with one attached hydrogen (secondary N) is 6. The van der Waals surface area contributed by atoms with Crippen LogP contribution in [0.3, 0.4) is 0 Å². The Morgan fingerprint density at radius 3 is 1.31 bits per heavy atom. The molecule has 2 aliphatic rings. The fraction of sp³-hybridized carbons (Fsp3) is 0.474. The predicted molar refractivity (Wildman–Crippen MR) is 222 cm³/mol. The van der Waals surface area contributed by atoms with E-state index in [2.05, 4.69) is 61.1 Å². The molecule has 2 aliphatic carbocycles. The summed E-state index contributed by atoms with van der Waals surface area (Å²) >= 11 is 0. The Bertz CT molecular complexity index is 2140. The molecule has 2 atom stereocenters. The third-order valence-corrected chi connectivity index (χ3v) is 13.1. The Balaban J connectivity index is 0.000000234. The van der Waals surface area contributed by atoms with Gasteiger partial charge in [-0.25, -0.2) is 55.5 Å². The Morgan fingerprint density at radius 1 is 0.629 bits per heavy atom. The Labute approximate surface area is 357 Å². The lowest BCUT2D eigenvalue weighted by Crippen LogP contribution is -2.52. The molecule has 2 amide bonds. The van der Waals surface area contributed by atoms with E-state index in [1.165, 1.54) is 38.5 Å². The highest BCUT2D eigenvalue weighted by Gasteiger charge is 2.27. The molecule has 336 valence electrons. The molecule has 24 heteroatoms. The minimum atomic E-state index is -3.91. The van der Waals surface area contributed by atoms with Crippen LogP contribution in [0.15, 0.2) is 80.4 Å². The summed E-state index contributed by atoms with van der Waals surface area (Å²) in [5.41, 5.74) is 9.88. The van der Waals surface area contributed by atoms with E-state index in [-0.39, 0.29) is 60.0 Å². The third kappa shape index (κ3) is 15.1. The number of amides is 2. The second-order valence-electron chi connectivity index (χ2n) is 14.6. The average Bonchev–Trinajstić information content (AvgIpc) is 4.01. The maximum absolute atomic E-state index is 13.0. The molecule has 2 fully saturated rings. The van der Waals surface area contributed by atoms with Crippen LogP contribution in [0.5, 0.6) is 0 Å². The van der Waals surface area contributed by atoms with Crippen molar-refractivity contribution in [3.05, 3.63) is 96.4 Å². The van der Waals surface area contributed by atoms with E-state index in [1.807, 2.05) is 0 Å². The number of aromatic nitrogens is 4. The lowest BCUT2D eigenvalue weighted by Gasteiger charge is -2.21. The summed E-state index contributed by atoms with van der Waals surface area (Å²) in [5, 5.41) is -1.87. The molecule has 4 aromatic heterocycles. The van der Waals surface area contributed by atoms with Gasteiger partial charge in [0.05, 0.1) is 59.9 Å². The monoisotopic (exact) mass is 904 g/mol. The number of hydrazine groups is 2. The lowest BCUT2D eigenvalue weighted by molar-refractivity contribution is 0.0908. The van der Waals surface area contributed by atoms with Crippen molar-refractivity contribution >= 4 is 43.8 Å². The van der Waals surface area contributed by atoms with Crippen LogP contribution in [0.25, 0.3) is 0 Å². The van der Waals surface area contributed by atoms with Crippen LogP contribution in [-0.4, -0.2) is 83.1 Å². The van der Waals surface area contributed by atoms with E-state index in [4.69, 9.17) is 8.83 Å². The predicted octanol–water partition coefficient (Wildman–Crippen LogP) is 3.36. The number of carbonyl (C=O) groups is 2. The average molecular weight is 905 g/mol. The summed E-state index contributed by atoms with van der Waals surface area (Å²) < 4.78 is 92.2. The molecule has 0 aliphatic heterocycles. The molecule has 4 heterocycles. The number of hydrogen-bond donors (Lipinski definition) is 6. The number of sulfonamides is 2. The van der Waals surface area contributed by atoms with Gasteiger partial charge in [-0.1, -0.05) is 38.5 Å². The zero-order chi connectivity index (χ0) is 44.5. The molecule has 62 heavy (non-hydrogen) atoms. The first-order valence-corrected chi connectivity index (χ1v) is 23.1. The van der Waals surface area contributed by atoms with Crippen molar-refractivity contribution in [2.24, 2.45) is 9.98 Å². The number of furan rings is 2. The van der Waals surface area contributed by atoms with Crippen LogP contribution in [0.4, 0.5) is 8.78 Å². The van der Waals surface area contributed by atoms with E-state index in [0.29, 0.717) is 0 Å². The van der Waals surface area contributed by atoms with Gasteiger partial charge in [0.15, 0.2) is 23.2 Å². The van der Waals surface area contributed by atoms with Crippen LogP contribution < -0.4 is 31.1 Å². The van der Waals surface area contributed by atoms with E-state index in [0.717, 1.165) is 89.0 Å². The number of guanidine groups is 2. The maximum Gasteiger partial charge on any atom is 0.305 e. The second-order valence-corrected chi connectivity index (χ2v) is 18.8. The van der Waals surface area contributed by atoms with Crippen LogP contribution in [-0.2, 0) is 32.9 Å². The Hall–Kier alpha value is -6.04. The molecule has 6 N–H and O–H groups in total. The van der Waals surface area contributed by atoms with E-state index in [1.54, 1.807) is 12.1 Å². The summed E-state index contributed by atoms with van der Waals surface area (Å²) in [6, 6.07) is 5.96. The molecule has 2 saturated carbocycles. The van der Waals surface area contributed by atoms with Gasteiger partial charge in [0.2, 0.25) is 32.0 Å². The first kappa shape index (κ1) is 47.0. The quantitative estimate of drug-likeness (QED) is 0.0676. The first-order valence-electron chi connectivity index (χ1n) is 20.0. The number of carbonyl (C=O) groups excluding carboxylic acids is 2. The fourth-order valence-corrected chi connectivity index (χ4v) is 8.10. The highest BCUT2D eigenvalue weighted by atomic mass is 32.2. The van der Waals surface area contributed by atoms with Crippen LogP contribution in [0, 0.1) is 11.6 Å². The van der Waals surface area contributed by atoms with Crippen molar-refractivity contribution in [2.75, 3.05) is 0 Å². The smallest absolute Gasteiger partial charge is 0.305 e. The summed E-state index contributed by atoms with van der Waals surface area (Å²) in [5.74, 6) is -2.00. The molecule has 0 unspecified atom stereocenters. The van der Waals surface area contributed by atoms with E-state index >= 15 is 0 Å². The zero-order valence-corrected chi connectivity index (χ0v) is 35.7. The first-order chi connectivity index (χ1) is 29.7. The number of aliphatic imine (C=N–C) groups is 2. The number of nitrogens with zero attached hydrogens (tertiary/aromatic N) is 6. The summed E-state index contributed by atoms with van der Waals surface area (Å²) in [7, 11) is -7.82. The van der Waals surface area contributed by atoms with Gasteiger partial charge in [0, 0.05) is 12.8 Å². The number of halogens is 2. The highest BCUT2D eigenvalue weighted by molar-refractivity contribution is 7.90. The third-order valence-electron chi connectivity index (χ3n) is 9.68. The molecule has 0 spiro atoms. The standard InChI is InChI=1S/2C19H25FN6O4S/c2*1-13(10-17-21-11-14(20)12-22-17)31(28,29)26-19(23-15-6-3-2-4-7-15)25-24-18(27)16-8-5-9-30-16/h2*5,8-9,11-13,15H,2-4,6-7,10H2,1H3,(H,24,27)(H2,23,25,26)/t2*13-/m10/s1. The highest BCUT2D eigenvalue weighted by Crippen LogP contribution is 2.21. The Kier molecular flexibility index (Phi) is 17.2. The summed E-state index contributed by atoms with van der Waals surface area (Å²) in [6.07, 6.45) is 16.2. The van der Waals surface area contributed by atoms with Crippen LogP contribution >= 0.6 is 0 Å². The number of rotatable bonds is 12. The van der Waals surface area contributed by atoms with Crippen molar-refractivity contribution in [1.82, 2.24) is 51.1 Å². The topological polar surface area (TPSA) is 277 Å². The van der Waals surface area contributed by atoms with Gasteiger partial charge < -0.3 is 8.83 Å². The van der Waals surface area contributed by atoms with Crippen molar-refractivity contribution in [3.63, 3.8) is 0 Å². The molecule has 20 nitrogen and oxygen atoms in total. The summed E-state index contributed by atoms with van der Waals surface area (Å²) in [4.78, 5) is 48.4. The van der Waals surface area contributed by atoms with Crippen molar-refractivity contribution < 1.29 is 44.0 Å². The molecule has 0 bridgehead atoms. The van der Waals surface area contributed by atoms with Gasteiger partial charge in [-0.3, -0.25) is 40.7 Å². The summed E-state index contributed by atoms with van der Waals surface area (Å²) in [6.45, 7) is 2.96. The van der Waals surface area contributed by atoms with Crippen molar-refractivity contribution in [2.45, 2.75) is 113 Å². The van der Waals surface area contributed by atoms with E-state index < -0.39 is 54.0 Å². The second kappa shape index (κ2) is 22.7. The van der Waals surface area contributed by atoms with Gasteiger partial charge >= 0.3 is 11.8 Å². The minimum Gasteiger partial charge on any atom is -0.459 e. The molecule has 4 aromatic rings. The molecule has 0 saturated heterocycles. The lowest BCUT2D eigenvalue weighted by atomic mass is 9.96. The van der Waals surface area contributed by atoms with Gasteiger partial charge in [-0.15, -0.1) is 0 Å². The molecule has 0 radical (unpaired) electrons. The molecular formula is C38H50F2N12O8S2. The molecule has 6 rings (SSSR count). The normalized spacial score (nSPS) is 16.5. The van der Waals surface area contributed by atoms with E-state index in [9.17, 15) is 35.2 Å². The van der Waals surface area contributed by atoms with Crippen LogP contribution in [0.1, 0.15) is 111 Å².